The Hall–Kier alpha value is -1.84. The first-order valence-electron chi connectivity index (χ1n) is 11.3. The van der Waals surface area contributed by atoms with Gasteiger partial charge in [0.2, 0.25) is 5.91 Å². The Morgan fingerprint density at radius 3 is 2.29 bits per heavy atom. The fourth-order valence-corrected chi connectivity index (χ4v) is 5.56. The van der Waals surface area contributed by atoms with Crippen LogP contribution in [-0.4, -0.2) is 34.3 Å². The van der Waals surface area contributed by atoms with Crippen LogP contribution in [0.3, 0.4) is 0 Å². The van der Waals surface area contributed by atoms with Crippen LogP contribution >= 0.6 is 0 Å². The Morgan fingerprint density at radius 1 is 0.964 bits per heavy atom. The van der Waals surface area contributed by atoms with Crippen molar-refractivity contribution in [3.63, 3.8) is 0 Å². The molecule has 0 aromatic heterocycles. The minimum absolute atomic E-state index is 0.0454. The highest BCUT2D eigenvalue weighted by Gasteiger charge is 2.50. The first-order valence-corrected chi connectivity index (χ1v) is 11.3. The normalized spacial score (nSPS) is 27.2. The number of nitrogens with zero attached hydrogens (tertiary/aromatic N) is 1. The molecule has 4 rings (SSSR count). The smallest absolute Gasteiger partial charge is 0.255 e. The number of fused-ring (bicyclic) bond motifs is 1. The molecule has 1 unspecified atom stereocenters. The Labute approximate surface area is 169 Å². The van der Waals surface area contributed by atoms with Crippen LogP contribution in [0.2, 0.25) is 0 Å². The van der Waals surface area contributed by atoms with Crippen molar-refractivity contribution in [3.8, 4) is 0 Å². The highest BCUT2D eigenvalue weighted by molar-refractivity contribution is 6.02. The quantitative estimate of drug-likeness (QED) is 0.829. The van der Waals surface area contributed by atoms with Crippen LogP contribution < -0.4 is 5.32 Å². The molecule has 1 aliphatic heterocycles. The van der Waals surface area contributed by atoms with Gasteiger partial charge in [0.05, 0.1) is 0 Å². The van der Waals surface area contributed by atoms with Gasteiger partial charge in [0.1, 0.15) is 5.54 Å². The molecule has 1 aromatic rings. The number of rotatable bonds is 3. The van der Waals surface area contributed by atoms with Gasteiger partial charge in [0.25, 0.3) is 5.91 Å². The molecule has 2 aliphatic carbocycles. The summed E-state index contributed by atoms with van der Waals surface area (Å²) in [6.45, 7) is 2.00. The zero-order valence-electron chi connectivity index (χ0n) is 17.2. The summed E-state index contributed by atoms with van der Waals surface area (Å²) in [4.78, 5) is 29.0. The van der Waals surface area contributed by atoms with Gasteiger partial charge in [0.15, 0.2) is 0 Å². The van der Waals surface area contributed by atoms with Crippen LogP contribution in [0.4, 0.5) is 0 Å². The lowest BCUT2D eigenvalue weighted by molar-refractivity contribution is -0.133. The number of carbonyl (C=O) groups excluding carboxylic acids is 2. The van der Waals surface area contributed by atoms with Crippen LogP contribution in [0.5, 0.6) is 0 Å². The molecule has 0 radical (unpaired) electrons. The molecule has 0 saturated heterocycles. The van der Waals surface area contributed by atoms with E-state index in [1.807, 2.05) is 36.1 Å². The molecular weight excluding hydrogens is 348 g/mol. The highest BCUT2D eigenvalue weighted by Crippen LogP contribution is 2.37. The van der Waals surface area contributed by atoms with Crippen LogP contribution in [0, 0.1) is 0 Å². The zero-order chi connectivity index (χ0) is 19.6. The van der Waals surface area contributed by atoms with Gasteiger partial charge < -0.3 is 10.2 Å². The summed E-state index contributed by atoms with van der Waals surface area (Å²) in [7, 11) is 0. The van der Waals surface area contributed by atoms with Crippen molar-refractivity contribution in [2.45, 2.75) is 102 Å². The molecular formula is C24H34N2O2. The first-order chi connectivity index (χ1) is 13.6. The Bertz CT molecular complexity index is 717. The summed E-state index contributed by atoms with van der Waals surface area (Å²) < 4.78 is 0. The molecule has 0 bridgehead atoms. The molecule has 4 nitrogen and oxygen atoms in total. The molecule has 3 aliphatic rings. The maximum Gasteiger partial charge on any atom is 0.255 e. The summed E-state index contributed by atoms with van der Waals surface area (Å²) in [5.74, 6) is 0.0943. The van der Waals surface area contributed by atoms with E-state index in [9.17, 15) is 9.59 Å². The van der Waals surface area contributed by atoms with E-state index in [1.165, 1.54) is 32.1 Å². The molecule has 4 heteroatoms. The minimum atomic E-state index is -0.789. The molecule has 0 spiro atoms. The maximum absolute atomic E-state index is 13.6. The number of hydrogen-bond acceptors (Lipinski definition) is 2. The topological polar surface area (TPSA) is 49.4 Å². The third kappa shape index (κ3) is 3.70. The number of benzene rings is 1. The molecule has 2 amide bonds. The second kappa shape index (κ2) is 8.26. The van der Waals surface area contributed by atoms with Gasteiger partial charge in [-0.1, -0.05) is 63.1 Å². The van der Waals surface area contributed by atoms with Crippen molar-refractivity contribution >= 4 is 11.8 Å². The van der Waals surface area contributed by atoms with E-state index >= 15 is 0 Å². The highest BCUT2D eigenvalue weighted by atomic mass is 16.2. The predicted octanol–water partition coefficient (Wildman–Crippen LogP) is 4.62. The monoisotopic (exact) mass is 382 g/mol. The molecule has 1 atom stereocenters. The number of nitrogens with one attached hydrogen (secondary N) is 1. The van der Waals surface area contributed by atoms with Crippen LogP contribution in [-0.2, 0) is 11.2 Å². The van der Waals surface area contributed by atoms with Gasteiger partial charge in [-0.05, 0) is 44.2 Å². The summed E-state index contributed by atoms with van der Waals surface area (Å²) >= 11 is 0. The van der Waals surface area contributed by atoms with Gasteiger partial charge in [-0.2, -0.15) is 0 Å². The van der Waals surface area contributed by atoms with Gasteiger partial charge in [0, 0.05) is 24.1 Å². The van der Waals surface area contributed by atoms with E-state index in [-0.39, 0.29) is 23.9 Å². The van der Waals surface area contributed by atoms with Crippen molar-refractivity contribution in [2.75, 3.05) is 0 Å². The molecule has 152 valence electrons. The van der Waals surface area contributed by atoms with Gasteiger partial charge >= 0.3 is 0 Å². The van der Waals surface area contributed by atoms with E-state index < -0.39 is 5.54 Å². The second-order valence-corrected chi connectivity index (χ2v) is 9.24. The summed E-state index contributed by atoms with van der Waals surface area (Å²) in [5.41, 5.74) is 1.01. The van der Waals surface area contributed by atoms with E-state index in [0.29, 0.717) is 6.42 Å². The van der Waals surface area contributed by atoms with Crippen LogP contribution in [0.15, 0.2) is 24.3 Å². The molecule has 2 saturated carbocycles. The fourth-order valence-electron chi connectivity index (χ4n) is 5.56. The number of hydrogen-bond donors (Lipinski definition) is 1. The molecule has 1 N–H and O–H groups in total. The number of amides is 2. The largest absolute Gasteiger partial charge is 0.351 e. The molecule has 28 heavy (non-hydrogen) atoms. The second-order valence-electron chi connectivity index (χ2n) is 9.24. The van der Waals surface area contributed by atoms with Crippen LogP contribution in [0.1, 0.15) is 93.5 Å². The van der Waals surface area contributed by atoms with E-state index in [4.69, 9.17) is 0 Å². The van der Waals surface area contributed by atoms with E-state index in [0.717, 1.165) is 49.7 Å². The molecule has 1 heterocycles. The zero-order valence-corrected chi connectivity index (χ0v) is 17.2. The lowest BCUT2D eigenvalue weighted by Gasteiger charge is -2.47. The predicted molar refractivity (Wildman–Crippen MR) is 111 cm³/mol. The van der Waals surface area contributed by atoms with Crippen molar-refractivity contribution in [3.05, 3.63) is 35.4 Å². The van der Waals surface area contributed by atoms with Gasteiger partial charge in [-0.15, -0.1) is 0 Å². The summed E-state index contributed by atoms with van der Waals surface area (Å²) in [6.07, 6.45) is 13.3. The maximum atomic E-state index is 13.6. The summed E-state index contributed by atoms with van der Waals surface area (Å²) in [6, 6.07) is 8.29. The average Bonchev–Trinajstić information content (AvgIpc) is 3.18. The third-order valence-corrected chi connectivity index (χ3v) is 7.15. The molecule has 2 fully saturated rings. The summed E-state index contributed by atoms with van der Waals surface area (Å²) in [5, 5.41) is 3.37. The van der Waals surface area contributed by atoms with Crippen molar-refractivity contribution < 1.29 is 9.59 Å². The lowest BCUT2D eigenvalue weighted by atomic mass is 9.81. The van der Waals surface area contributed by atoms with Gasteiger partial charge in [-0.3, -0.25) is 9.59 Å². The van der Waals surface area contributed by atoms with Crippen LogP contribution in [0.25, 0.3) is 0 Å². The van der Waals surface area contributed by atoms with Crippen molar-refractivity contribution in [1.29, 1.82) is 0 Å². The van der Waals surface area contributed by atoms with Crippen molar-refractivity contribution in [1.82, 2.24) is 10.2 Å². The van der Waals surface area contributed by atoms with Gasteiger partial charge in [-0.25, -0.2) is 0 Å². The molecule has 1 aromatic carbocycles. The standard InChI is InChI=1S/C24H34N2O2/c1-24(23(28)25-19-12-5-3-2-4-6-13-19)17-18-11-7-10-16-21(18)22(27)26(24)20-14-8-9-15-20/h7,10-11,16,19-20H,2-6,8-9,12-15,17H2,1H3,(H,25,28). The Morgan fingerprint density at radius 2 is 1.57 bits per heavy atom. The third-order valence-electron chi connectivity index (χ3n) is 7.15. The van der Waals surface area contributed by atoms with Crippen molar-refractivity contribution in [2.24, 2.45) is 0 Å². The SMILES string of the molecule is CC1(C(=O)NC2CCCCCCC2)Cc2ccccc2C(=O)N1C1CCCC1. The first kappa shape index (κ1) is 19.5. The Balaban J connectivity index is 1.61. The average molecular weight is 383 g/mol. The van der Waals surface area contributed by atoms with E-state index in [1.54, 1.807) is 0 Å². The lowest BCUT2D eigenvalue weighted by Crippen LogP contribution is -2.65. The Kier molecular flexibility index (Phi) is 5.75. The minimum Gasteiger partial charge on any atom is -0.351 e. The van der Waals surface area contributed by atoms with E-state index in [2.05, 4.69) is 5.32 Å². The fraction of sp³-hybridized carbons (Fsp3) is 0.667. The number of carbonyl (C=O) groups is 2.